The molecule has 21 heavy (non-hydrogen) atoms. The number of aliphatic carboxylic acids is 1. The van der Waals surface area contributed by atoms with E-state index in [9.17, 15) is 19.9 Å². The second-order valence-corrected chi connectivity index (χ2v) is 4.82. The lowest BCUT2D eigenvalue weighted by Crippen LogP contribution is -2.56. The van der Waals surface area contributed by atoms with Gasteiger partial charge >= 0.3 is 11.9 Å². The van der Waals surface area contributed by atoms with Gasteiger partial charge in [-0.3, -0.25) is 0 Å². The summed E-state index contributed by atoms with van der Waals surface area (Å²) in [5, 5.41) is 19.5. The molecular weight excluding hydrogens is 278 g/mol. The number of ether oxygens (including phenoxy) is 2. The van der Waals surface area contributed by atoms with Gasteiger partial charge in [0.25, 0.3) is 0 Å². The Hall–Kier alpha value is -2.12. The topological polar surface area (TPSA) is 96.3 Å². The van der Waals surface area contributed by atoms with Crippen LogP contribution in [0, 0.1) is 0 Å². The first-order chi connectivity index (χ1) is 10.0. The summed E-state index contributed by atoms with van der Waals surface area (Å²) in [6, 6.07) is 6.85. The highest BCUT2D eigenvalue weighted by Gasteiger charge is 2.55. The number of rotatable bonds is 5. The summed E-state index contributed by atoms with van der Waals surface area (Å²) in [7, 11) is 1.54. The Kier molecular flexibility index (Phi) is 4.44. The number of methoxy groups -OCH3 is 1. The van der Waals surface area contributed by atoms with E-state index in [2.05, 4.69) is 0 Å². The SMILES string of the molecule is COc1ccc(COC(=O)[C@@]2(C(=O)O)CCCN2O)cc1. The molecular formula is C14H17NO6. The monoisotopic (exact) mass is 295 g/mol. The van der Waals surface area contributed by atoms with Crippen LogP contribution in [-0.4, -0.2) is 46.5 Å². The number of carbonyl (C=O) groups is 2. The van der Waals surface area contributed by atoms with Crippen molar-refractivity contribution in [3.8, 4) is 5.75 Å². The lowest BCUT2D eigenvalue weighted by atomic mass is 9.98. The third-order valence-corrected chi connectivity index (χ3v) is 3.57. The molecule has 1 fully saturated rings. The maximum Gasteiger partial charge on any atom is 0.340 e. The molecule has 1 aromatic carbocycles. The average molecular weight is 295 g/mol. The third-order valence-electron chi connectivity index (χ3n) is 3.57. The smallest absolute Gasteiger partial charge is 0.340 e. The molecule has 114 valence electrons. The van der Waals surface area contributed by atoms with Crippen LogP contribution in [0.5, 0.6) is 5.75 Å². The van der Waals surface area contributed by atoms with E-state index in [1.807, 2.05) is 0 Å². The number of carbonyl (C=O) groups excluding carboxylic acids is 1. The largest absolute Gasteiger partial charge is 0.497 e. The molecule has 2 N–H and O–H groups in total. The summed E-state index contributed by atoms with van der Waals surface area (Å²) in [4.78, 5) is 23.4. The highest BCUT2D eigenvalue weighted by atomic mass is 16.6. The van der Waals surface area contributed by atoms with Gasteiger partial charge < -0.3 is 19.8 Å². The predicted octanol–water partition coefficient (Wildman–Crippen LogP) is 1.05. The van der Waals surface area contributed by atoms with Gasteiger partial charge in [-0.2, -0.15) is 5.06 Å². The zero-order valence-corrected chi connectivity index (χ0v) is 11.6. The molecule has 1 aliphatic rings. The van der Waals surface area contributed by atoms with Gasteiger partial charge in [-0.25, -0.2) is 9.59 Å². The first-order valence-corrected chi connectivity index (χ1v) is 6.51. The van der Waals surface area contributed by atoms with Gasteiger partial charge in [0.15, 0.2) is 0 Å². The quantitative estimate of drug-likeness (QED) is 0.619. The van der Waals surface area contributed by atoms with E-state index < -0.39 is 17.5 Å². The van der Waals surface area contributed by atoms with Crippen molar-refractivity contribution in [1.82, 2.24) is 5.06 Å². The molecule has 2 rings (SSSR count). The van der Waals surface area contributed by atoms with Crippen molar-refractivity contribution < 1.29 is 29.4 Å². The molecule has 0 unspecified atom stereocenters. The molecule has 1 saturated heterocycles. The maximum absolute atomic E-state index is 12.1. The minimum atomic E-state index is -1.99. The normalized spacial score (nSPS) is 22.0. The summed E-state index contributed by atoms with van der Waals surface area (Å²) in [6.07, 6.45) is 0.445. The molecule has 1 heterocycles. The summed E-state index contributed by atoms with van der Waals surface area (Å²) >= 11 is 0. The lowest BCUT2D eigenvalue weighted by Gasteiger charge is -2.27. The molecule has 0 spiro atoms. The highest BCUT2D eigenvalue weighted by molar-refractivity contribution is 6.04. The predicted molar refractivity (Wildman–Crippen MR) is 70.9 cm³/mol. The summed E-state index contributed by atoms with van der Waals surface area (Å²) in [5.74, 6) is -1.68. The van der Waals surface area contributed by atoms with Crippen molar-refractivity contribution in [1.29, 1.82) is 0 Å². The van der Waals surface area contributed by atoms with E-state index in [1.54, 1.807) is 31.4 Å². The van der Waals surface area contributed by atoms with Gasteiger partial charge in [0.2, 0.25) is 5.54 Å². The van der Waals surface area contributed by atoms with Crippen LogP contribution in [0.3, 0.4) is 0 Å². The number of esters is 1. The van der Waals surface area contributed by atoms with Crippen molar-refractivity contribution in [3.05, 3.63) is 29.8 Å². The molecule has 0 saturated carbocycles. The summed E-state index contributed by atoms with van der Waals surface area (Å²) < 4.78 is 10.1. The van der Waals surface area contributed by atoms with Crippen LogP contribution in [0.1, 0.15) is 18.4 Å². The molecule has 0 aromatic heterocycles. The number of carboxylic acid groups (broad SMARTS) is 1. The molecule has 1 atom stereocenters. The molecule has 0 amide bonds. The van der Waals surface area contributed by atoms with Crippen molar-refractivity contribution in [2.75, 3.05) is 13.7 Å². The van der Waals surface area contributed by atoms with Crippen LogP contribution in [0.25, 0.3) is 0 Å². The number of hydroxylamine groups is 2. The second-order valence-electron chi connectivity index (χ2n) is 4.82. The molecule has 7 nitrogen and oxygen atoms in total. The Morgan fingerprint density at radius 1 is 1.33 bits per heavy atom. The van der Waals surface area contributed by atoms with Crippen LogP contribution in [0.15, 0.2) is 24.3 Å². The fourth-order valence-electron chi connectivity index (χ4n) is 2.31. The first kappa shape index (κ1) is 15.3. The second kappa shape index (κ2) is 6.11. The van der Waals surface area contributed by atoms with Gasteiger partial charge in [-0.1, -0.05) is 12.1 Å². The van der Waals surface area contributed by atoms with E-state index in [0.717, 1.165) is 0 Å². The van der Waals surface area contributed by atoms with Crippen molar-refractivity contribution >= 4 is 11.9 Å². The number of carboxylic acids is 1. The van der Waals surface area contributed by atoms with Crippen LogP contribution in [-0.2, 0) is 20.9 Å². The van der Waals surface area contributed by atoms with E-state index in [1.165, 1.54) is 0 Å². The zero-order chi connectivity index (χ0) is 15.5. The lowest BCUT2D eigenvalue weighted by molar-refractivity contribution is -0.201. The Balaban J connectivity index is 2.04. The summed E-state index contributed by atoms with van der Waals surface area (Å²) in [5.41, 5.74) is -1.29. The minimum absolute atomic E-state index is 0.0281. The zero-order valence-electron chi connectivity index (χ0n) is 11.6. The average Bonchev–Trinajstić information content (AvgIpc) is 2.88. The molecule has 7 heteroatoms. The van der Waals surface area contributed by atoms with Crippen LogP contribution in [0.2, 0.25) is 0 Å². The van der Waals surface area contributed by atoms with Crippen molar-refractivity contribution in [2.24, 2.45) is 0 Å². The Bertz CT molecular complexity index is 529. The molecule has 1 aliphatic heterocycles. The van der Waals surface area contributed by atoms with E-state index in [4.69, 9.17) is 9.47 Å². The fourth-order valence-corrected chi connectivity index (χ4v) is 2.31. The number of nitrogens with zero attached hydrogens (tertiary/aromatic N) is 1. The van der Waals surface area contributed by atoms with E-state index >= 15 is 0 Å². The molecule has 0 radical (unpaired) electrons. The van der Waals surface area contributed by atoms with E-state index in [-0.39, 0.29) is 19.6 Å². The van der Waals surface area contributed by atoms with Gasteiger partial charge in [0, 0.05) is 6.54 Å². The summed E-state index contributed by atoms with van der Waals surface area (Å²) in [6.45, 7) is 0.0651. The maximum atomic E-state index is 12.1. The molecule has 1 aromatic rings. The van der Waals surface area contributed by atoms with Crippen LogP contribution < -0.4 is 4.74 Å². The Labute approximate surface area is 121 Å². The first-order valence-electron chi connectivity index (χ1n) is 6.51. The molecule has 0 bridgehead atoms. The number of hydrogen-bond acceptors (Lipinski definition) is 6. The van der Waals surface area contributed by atoms with Gasteiger partial charge in [0.05, 0.1) is 7.11 Å². The van der Waals surface area contributed by atoms with Crippen LogP contribution in [0.4, 0.5) is 0 Å². The minimum Gasteiger partial charge on any atom is -0.497 e. The van der Waals surface area contributed by atoms with Crippen molar-refractivity contribution in [3.63, 3.8) is 0 Å². The van der Waals surface area contributed by atoms with Crippen molar-refractivity contribution in [2.45, 2.75) is 25.0 Å². The standard InChI is InChI=1S/C14H17NO6/c1-20-11-5-3-10(4-6-11)9-21-13(18)14(12(16)17)7-2-8-15(14)19/h3-6,19H,2,7-9H2,1H3,(H,16,17)/t14-/m0/s1. The van der Waals surface area contributed by atoms with Crippen LogP contribution >= 0.6 is 0 Å². The Morgan fingerprint density at radius 2 is 2.00 bits per heavy atom. The highest BCUT2D eigenvalue weighted by Crippen LogP contribution is 2.29. The third kappa shape index (κ3) is 2.84. The Morgan fingerprint density at radius 3 is 2.48 bits per heavy atom. The molecule has 0 aliphatic carbocycles. The number of benzene rings is 1. The van der Waals surface area contributed by atoms with Gasteiger partial charge in [-0.15, -0.1) is 0 Å². The number of hydrogen-bond donors (Lipinski definition) is 2. The fraction of sp³-hybridized carbons (Fsp3) is 0.429. The van der Waals surface area contributed by atoms with E-state index in [0.29, 0.717) is 22.8 Å². The van der Waals surface area contributed by atoms with Gasteiger partial charge in [0.1, 0.15) is 12.4 Å². The van der Waals surface area contributed by atoms with Gasteiger partial charge in [-0.05, 0) is 30.5 Å².